The van der Waals surface area contributed by atoms with Crippen molar-refractivity contribution in [2.24, 2.45) is 11.8 Å². The summed E-state index contributed by atoms with van der Waals surface area (Å²) in [6.45, 7) is 5.66. The van der Waals surface area contributed by atoms with Crippen LogP contribution >= 0.6 is 0 Å². The molecule has 0 spiro atoms. The van der Waals surface area contributed by atoms with Crippen LogP contribution in [-0.4, -0.2) is 37.0 Å². The van der Waals surface area contributed by atoms with Crippen LogP contribution in [0.15, 0.2) is 0 Å². The van der Waals surface area contributed by atoms with Crippen LogP contribution in [0.25, 0.3) is 0 Å². The Morgan fingerprint density at radius 2 is 2.00 bits per heavy atom. The first-order chi connectivity index (χ1) is 7.31. The highest BCUT2D eigenvalue weighted by Crippen LogP contribution is 2.37. The first kappa shape index (κ1) is 10.9. The third kappa shape index (κ3) is 2.51. The van der Waals surface area contributed by atoms with E-state index in [2.05, 4.69) is 17.1 Å². The summed E-state index contributed by atoms with van der Waals surface area (Å²) in [5, 5.41) is 3.19. The molecule has 0 aromatic rings. The van der Waals surface area contributed by atoms with E-state index in [0.29, 0.717) is 12.5 Å². The lowest BCUT2D eigenvalue weighted by Crippen LogP contribution is -2.37. The Hall–Kier alpha value is -0.570. The van der Waals surface area contributed by atoms with E-state index in [1.165, 1.54) is 19.3 Å². The number of carbonyl (C=O) groups excluding carboxylic acids is 1. The highest BCUT2D eigenvalue weighted by molar-refractivity contribution is 5.78. The molecule has 0 aromatic heterocycles. The summed E-state index contributed by atoms with van der Waals surface area (Å²) in [6.07, 6.45) is 5.16. The lowest BCUT2D eigenvalue weighted by molar-refractivity contribution is -0.129. The maximum atomic E-state index is 11.8. The zero-order valence-electron chi connectivity index (χ0n) is 9.67. The largest absolute Gasteiger partial charge is 0.341 e. The van der Waals surface area contributed by atoms with Gasteiger partial charge >= 0.3 is 0 Å². The van der Waals surface area contributed by atoms with Gasteiger partial charge in [-0.15, -0.1) is 0 Å². The molecule has 1 aliphatic heterocycles. The predicted octanol–water partition coefficient (Wildman–Crippen LogP) is 1.24. The number of hydrogen-bond donors (Lipinski definition) is 1. The van der Waals surface area contributed by atoms with Crippen LogP contribution < -0.4 is 5.32 Å². The molecule has 1 heterocycles. The van der Waals surface area contributed by atoms with Gasteiger partial charge in [-0.1, -0.05) is 13.3 Å². The summed E-state index contributed by atoms with van der Waals surface area (Å²) in [5.41, 5.74) is 0. The average molecular weight is 210 g/mol. The molecule has 0 bridgehead atoms. The molecular weight excluding hydrogens is 188 g/mol. The van der Waals surface area contributed by atoms with E-state index in [4.69, 9.17) is 0 Å². The summed E-state index contributed by atoms with van der Waals surface area (Å²) in [5.74, 6) is 1.94. The van der Waals surface area contributed by atoms with Crippen LogP contribution in [-0.2, 0) is 4.79 Å². The molecule has 1 saturated carbocycles. The number of hydrogen-bond acceptors (Lipinski definition) is 2. The number of nitrogens with zero attached hydrogens (tertiary/aromatic N) is 1. The van der Waals surface area contributed by atoms with Gasteiger partial charge in [0.25, 0.3) is 0 Å². The van der Waals surface area contributed by atoms with Gasteiger partial charge in [-0.3, -0.25) is 4.79 Å². The summed E-state index contributed by atoms with van der Waals surface area (Å²) in [4.78, 5) is 13.9. The van der Waals surface area contributed by atoms with Gasteiger partial charge in [0.15, 0.2) is 0 Å². The molecule has 15 heavy (non-hydrogen) atoms. The number of rotatable bonds is 4. The lowest BCUT2D eigenvalue weighted by Gasteiger charge is -2.17. The van der Waals surface area contributed by atoms with E-state index in [-0.39, 0.29) is 0 Å². The third-order valence-electron chi connectivity index (χ3n) is 3.78. The maximum absolute atomic E-state index is 11.8. The standard InChI is InChI=1S/C12H22N2O/c1-2-6-13-7-12(15)14-8-10-4-3-5-11(10)9-14/h10-11,13H,2-9H2,1H3. The van der Waals surface area contributed by atoms with Crippen molar-refractivity contribution in [1.29, 1.82) is 0 Å². The number of amides is 1. The van der Waals surface area contributed by atoms with Crippen molar-refractivity contribution in [1.82, 2.24) is 10.2 Å². The van der Waals surface area contributed by atoms with Gasteiger partial charge in [-0.05, 0) is 37.6 Å². The number of likely N-dealkylation sites (tertiary alicyclic amines) is 1. The SMILES string of the molecule is CCCNCC(=O)N1CC2CCCC2C1. The van der Waals surface area contributed by atoms with Gasteiger partial charge in [0.05, 0.1) is 6.54 Å². The smallest absolute Gasteiger partial charge is 0.236 e. The molecule has 1 amide bonds. The van der Waals surface area contributed by atoms with Crippen molar-refractivity contribution in [2.45, 2.75) is 32.6 Å². The minimum atomic E-state index is 0.304. The van der Waals surface area contributed by atoms with Crippen molar-refractivity contribution in [2.75, 3.05) is 26.2 Å². The van der Waals surface area contributed by atoms with Gasteiger partial charge in [-0.2, -0.15) is 0 Å². The van der Waals surface area contributed by atoms with Crippen molar-refractivity contribution in [3.05, 3.63) is 0 Å². The van der Waals surface area contributed by atoms with E-state index in [9.17, 15) is 4.79 Å². The Labute approximate surface area is 92.2 Å². The molecule has 2 rings (SSSR count). The van der Waals surface area contributed by atoms with Crippen LogP contribution in [0, 0.1) is 11.8 Å². The van der Waals surface area contributed by atoms with E-state index in [1.54, 1.807) is 0 Å². The molecule has 1 aliphatic carbocycles. The van der Waals surface area contributed by atoms with Gasteiger partial charge < -0.3 is 10.2 Å². The normalized spacial score (nSPS) is 29.5. The van der Waals surface area contributed by atoms with Gasteiger partial charge in [-0.25, -0.2) is 0 Å². The zero-order chi connectivity index (χ0) is 10.7. The fourth-order valence-electron chi connectivity index (χ4n) is 2.92. The Bertz CT molecular complexity index is 218. The van der Waals surface area contributed by atoms with Crippen LogP contribution in [0.1, 0.15) is 32.6 Å². The van der Waals surface area contributed by atoms with Crippen LogP contribution in [0.5, 0.6) is 0 Å². The maximum Gasteiger partial charge on any atom is 0.236 e. The van der Waals surface area contributed by atoms with Gasteiger partial charge in [0.1, 0.15) is 0 Å². The summed E-state index contributed by atoms with van der Waals surface area (Å²) >= 11 is 0. The van der Waals surface area contributed by atoms with Crippen LogP contribution in [0.4, 0.5) is 0 Å². The summed E-state index contributed by atoms with van der Waals surface area (Å²) < 4.78 is 0. The molecule has 2 atom stereocenters. The average Bonchev–Trinajstić information content (AvgIpc) is 2.76. The van der Waals surface area contributed by atoms with E-state index < -0.39 is 0 Å². The van der Waals surface area contributed by atoms with Gasteiger partial charge in [0.2, 0.25) is 5.91 Å². The molecule has 3 nitrogen and oxygen atoms in total. The fraction of sp³-hybridized carbons (Fsp3) is 0.917. The molecule has 2 aliphatic rings. The van der Waals surface area contributed by atoms with Crippen LogP contribution in [0.3, 0.4) is 0 Å². The quantitative estimate of drug-likeness (QED) is 0.708. The summed E-state index contributed by atoms with van der Waals surface area (Å²) in [6, 6.07) is 0. The highest BCUT2D eigenvalue weighted by Gasteiger charge is 2.37. The predicted molar refractivity (Wildman–Crippen MR) is 60.6 cm³/mol. The molecule has 1 saturated heterocycles. The van der Waals surface area contributed by atoms with Crippen LogP contribution in [0.2, 0.25) is 0 Å². The molecule has 0 aromatic carbocycles. The Balaban J connectivity index is 1.73. The molecule has 3 heteroatoms. The fourth-order valence-corrected chi connectivity index (χ4v) is 2.92. The second kappa shape index (κ2) is 4.97. The van der Waals surface area contributed by atoms with E-state index in [0.717, 1.165) is 37.9 Å². The van der Waals surface area contributed by atoms with Crippen molar-refractivity contribution < 1.29 is 4.79 Å². The molecular formula is C12H22N2O. The van der Waals surface area contributed by atoms with E-state index in [1.807, 2.05) is 0 Å². The van der Waals surface area contributed by atoms with Crippen molar-refractivity contribution in [3.63, 3.8) is 0 Å². The van der Waals surface area contributed by atoms with E-state index >= 15 is 0 Å². The first-order valence-corrected chi connectivity index (χ1v) is 6.29. The Morgan fingerprint density at radius 3 is 2.60 bits per heavy atom. The highest BCUT2D eigenvalue weighted by atomic mass is 16.2. The van der Waals surface area contributed by atoms with Gasteiger partial charge in [0, 0.05) is 13.1 Å². The Morgan fingerprint density at radius 1 is 1.33 bits per heavy atom. The molecule has 0 radical (unpaired) electrons. The second-order valence-electron chi connectivity index (χ2n) is 4.93. The lowest BCUT2D eigenvalue weighted by atomic mass is 10.0. The Kier molecular flexibility index (Phi) is 3.62. The number of carbonyl (C=O) groups is 1. The summed E-state index contributed by atoms with van der Waals surface area (Å²) in [7, 11) is 0. The molecule has 86 valence electrons. The zero-order valence-corrected chi connectivity index (χ0v) is 9.67. The number of nitrogens with one attached hydrogen (secondary N) is 1. The molecule has 2 fully saturated rings. The van der Waals surface area contributed by atoms with Crippen molar-refractivity contribution >= 4 is 5.91 Å². The molecule has 1 N–H and O–H groups in total. The first-order valence-electron chi connectivity index (χ1n) is 6.29. The topological polar surface area (TPSA) is 32.3 Å². The van der Waals surface area contributed by atoms with Crippen molar-refractivity contribution in [3.8, 4) is 0 Å². The molecule has 2 unspecified atom stereocenters. The minimum Gasteiger partial charge on any atom is -0.341 e. The third-order valence-corrected chi connectivity index (χ3v) is 3.78. The number of fused-ring (bicyclic) bond motifs is 1. The monoisotopic (exact) mass is 210 g/mol. The second-order valence-corrected chi connectivity index (χ2v) is 4.93. The minimum absolute atomic E-state index is 0.304.